The summed E-state index contributed by atoms with van der Waals surface area (Å²) in [5.74, 6) is 0.648. The number of halogens is 3. The Morgan fingerprint density at radius 2 is 1.67 bits per heavy atom. The van der Waals surface area contributed by atoms with Crippen LogP contribution >= 0.6 is 46.6 Å². The Hall–Kier alpha value is -1.40. The highest BCUT2D eigenvalue weighted by Crippen LogP contribution is 2.27. The highest BCUT2D eigenvalue weighted by atomic mass is 35.5. The van der Waals surface area contributed by atoms with Crippen LogP contribution in [0.5, 0.6) is 0 Å². The zero-order valence-electron chi connectivity index (χ0n) is 18.7. The van der Waals surface area contributed by atoms with Crippen molar-refractivity contribution < 1.29 is 9.59 Å². The maximum Gasteiger partial charge on any atom is 0.242 e. The fourth-order valence-corrected chi connectivity index (χ4v) is 5.44. The molecule has 0 saturated heterocycles. The minimum atomic E-state index is -0.636. The normalized spacial score (nSPS) is 15.2. The average molecular weight is 528 g/mol. The lowest BCUT2D eigenvalue weighted by molar-refractivity contribution is -0.139. The highest BCUT2D eigenvalue weighted by molar-refractivity contribution is 7.99. The molecule has 2 aromatic carbocycles. The van der Waals surface area contributed by atoms with Gasteiger partial charge in [0.2, 0.25) is 11.8 Å². The number of amides is 2. The molecule has 0 bridgehead atoms. The van der Waals surface area contributed by atoms with Crippen LogP contribution in [0.4, 0.5) is 0 Å². The van der Waals surface area contributed by atoms with Crippen LogP contribution in [-0.2, 0) is 21.9 Å². The maximum atomic E-state index is 13.3. The molecule has 0 aromatic heterocycles. The second kappa shape index (κ2) is 12.9. The molecular weight excluding hydrogens is 499 g/mol. The Balaban J connectivity index is 1.69. The lowest BCUT2D eigenvalue weighted by Crippen LogP contribution is -2.50. The van der Waals surface area contributed by atoms with E-state index < -0.39 is 6.04 Å². The molecule has 2 amide bonds. The van der Waals surface area contributed by atoms with E-state index in [-0.39, 0.29) is 30.2 Å². The highest BCUT2D eigenvalue weighted by Gasteiger charge is 2.29. The lowest BCUT2D eigenvalue weighted by atomic mass is 9.95. The SMILES string of the molecule is C[C@H](C(=O)NC1CCCCC1)N(Cc1c(Cl)cccc1Cl)C(=O)CSCc1ccc(Cl)cc1. The molecule has 33 heavy (non-hydrogen) atoms. The molecule has 8 heteroatoms. The minimum absolute atomic E-state index is 0.128. The zero-order valence-corrected chi connectivity index (χ0v) is 21.7. The predicted molar refractivity (Wildman–Crippen MR) is 139 cm³/mol. The molecule has 1 N–H and O–H groups in total. The molecule has 0 unspecified atom stereocenters. The molecule has 0 aliphatic heterocycles. The quantitative estimate of drug-likeness (QED) is 0.392. The number of rotatable bonds is 9. The number of benzene rings is 2. The fourth-order valence-electron chi connectivity index (χ4n) is 3.92. The van der Waals surface area contributed by atoms with Gasteiger partial charge in [0.15, 0.2) is 0 Å². The van der Waals surface area contributed by atoms with E-state index in [2.05, 4.69) is 5.32 Å². The van der Waals surface area contributed by atoms with Gasteiger partial charge in [-0.05, 0) is 49.6 Å². The van der Waals surface area contributed by atoms with Crippen molar-refractivity contribution in [3.8, 4) is 0 Å². The number of carbonyl (C=O) groups is 2. The molecule has 1 aliphatic carbocycles. The summed E-state index contributed by atoms with van der Waals surface area (Å²) in [6, 6.07) is 12.4. The predicted octanol–water partition coefficient (Wildman–Crippen LogP) is 6.75. The summed E-state index contributed by atoms with van der Waals surface area (Å²) in [4.78, 5) is 27.9. The van der Waals surface area contributed by atoms with Crippen molar-refractivity contribution in [2.75, 3.05) is 5.75 Å². The smallest absolute Gasteiger partial charge is 0.242 e. The topological polar surface area (TPSA) is 49.4 Å². The molecule has 1 fully saturated rings. The molecule has 1 aliphatic rings. The summed E-state index contributed by atoms with van der Waals surface area (Å²) in [6.45, 7) is 1.95. The Labute approximate surface area is 215 Å². The zero-order chi connectivity index (χ0) is 23.8. The van der Waals surface area contributed by atoms with Gasteiger partial charge in [-0.2, -0.15) is 0 Å². The van der Waals surface area contributed by atoms with E-state index in [4.69, 9.17) is 34.8 Å². The third-order valence-electron chi connectivity index (χ3n) is 5.92. The van der Waals surface area contributed by atoms with E-state index >= 15 is 0 Å². The van der Waals surface area contributed by atoms with Crippen molar-refractivity contribution in [1.29, 1.82) is 0 Å². The van der Waals surface area contributed by atoms with E-state index in [0.29, 0.717) is 26.4 Å². The van der Waals surface area contributed by atoms with Crippen LogP contribution in [0, 0.1) is 0 Å². The number of nitrogens with zero attached hydrogens (tertiary/aromatic N) is 1. The van der Waals surface area contributed by atoms with Crippen LogP contribution in [0.1, 0.15) is 50.2 Å². The molecule has 178 valence electrons. The monoisotopic (exact) mass is 526 g/mol. The molecule has 4 nitrogen and oxygen atoms in total. The summed E-state index contributed by atoms with van der Waals surface area (Å²) >= 11 is 20.2. The van der Waals surface area contributed by atoms with E-state index in [1.807, 2.05) is 24.3 Å². The van der Waals surface area contributed by atoms with E-state index in [0.717, 1.165) is 31.2 Å². The summed E-state index contributed by atoms with van der Waals surface area (Å²) in [6.07, 6.45) is 5.43. The molecular formula is C25H29Cl3N2O2S. The fraction of sp³-hybridized carbons (Fsp3) is 0.440. The minimum Gasteiger partial charge on any atom is -0.352 e. The molecule has 2 aromatic rings. The van der Waals surface area contributed by atoms with Gasteiger partial charge >= 0.3 is 0 Å². The standard InChI is InChI=1S/C25H29Cl3N2O2S/c1-17(25(32)29-20-6-3-2-4-7-20)30(14-21-22(27)8-5-9-23(21)28)24(31)16-33-15-18-10-12-19(26)13-11-18/h5,8-13,17,20H,2-4,6-7,14-16H2,1H3,(H,29,32)/t17-/m1/s1. The Kier molecular flexibility index (Phi) is 10.2. The van der Waals surface area contributed by atoms with Gasteiger partial charge in [0, 0.05) is 39.0 Å². The summed E-state index contributed by atoms with van der Waals surface area (Å²) < 4.78 is 0. The number of thioether (sulfide) groups is 1. The largest absolute Gasteiger partial charge is 0.352 e. The van der Waals surface area contributed by atoms with Crippen molar-refractivity contribution in [3.05, 3.63) is 68.7 Å². The van der Waals surface area contributed by atoms with Gasteiger partial charge in [-0.3, -0.25) is 9.59 Å². The molecule has 1 atom stereocenters. The van der Waals surface area contributed by atoms with Crippen LogP contribution in [0.15, 0.2) is 42.5 Å². The maximum absolute atomic E-state index is 13.3. The van der Waals surface area contributed by atoms with Gasteiger partial charge in [-0.25, -0.2) is 0 Å². The van der Waals surface area contributed by atoms with E-state index in [1.165, 1.54) is 18.2 Å². The third-order valence-corrected chi connectivity index (χ3v) is 7.87. The molecule has 3 rings (SSSR count). The summed E-state index contributed by atoms with van der Waals surface area (Å²) in [7, 11) is 0. The Morgan fingerprint density at radius 1 is 1.03 bits per heavy atom. The van der Waals surface area contributed by atoms with Gasteiger partial charge in [0.1, 0.15) is 6.04 Å². The average Bonchev–Trinajstić information content (AvgIpc) is 2.80. The third kappa shape index (κ3) is 7.81. The van der Waals surface area contributed by atoms with Crippen LogP contribution < -0.4 is 5.32 Å². The van der Waals surface area contributed by atoms with Crippen molar-refractivity contribution in [1.82, 2.24) is 10.2 Å². The number of hydrogen-bond acceptors (Lipinski definition) is 3. The van der Waals surface area contributed by atoms with Crippen molar-refractivity contribution >= 4 is 58.4 Å². The van der Waals surface area contributed by atoms with Crippen molar-refractivity contribution in [2.45, 2.75) is 63.4 Å². The Morgan fingerprint density at radius 3 is 2.30 bits per heavy atom. The van der Waals surface area contributed by atoms with Crippen molar-refractivity contribution in [3.63, 3.8) is 0 Å². The van der Waals surface area contributed by atoms with Crippen LogP contribution in [0.25, 0.3) is 0 Å². The number of hydrogen-bond donors (Lipinski definition) is 1. The van der Waals surface area contributed by atoms with Crippen molar-refractivity contribution in [2.24, 2.45) is 0 Å². The number of nitrogens with one attached hydrogen (secondary N) is 1. The van der Waals surface area contributed by atoms with E-state index in [1.54, 1.807) is 30.0 Å². The second-order valence-corrected chi connectivity index (χ2v) is 10.6. The van der Waals surface area contributed by atoms with Crippen LogP contribution in [-0.4, -0.2) is 34.6 Å². The first-order valence-corrected chi connectivity index (χ1v) is 13.5. The molecule has 1 saturated carbocycles. The first-order chi connectivity index (χ1) is 15.8. The second-order valence-electron chi connectivity index (χ2n) is 8.36. The van der Waals surface area contributed by atoms with E-state index in [9.17, 15) is 9.59 Å². The number of carbonyl (C=O) groups excluding carboxylic acids is 2. The lowest BCUT2D eigenvalue weighted by Gasteiger charge is -2.31. The molecule has 0 heterocycles. The van der Waals surface area contributed by atoms with Gasteiger partial charge < -0.3 is 10.2 Å². The molecule has 0 radical (unpaired) electrons. The summed E-state index contributed by atoms with van der Waals surface area (Å²) in [5, 5.41) is 4.78. The van der Waals surface area contributed by atoms with Gasteiger partial charge in [-0.1, -0.05) is 72.3 Å². The van der Waals surface area contributed by atoms with Gasteiger partial charge in [0.25, 0.3) is 0 Å². The van der Waals surface area contributed by atoms with Crippen LogP contribution in [0.2, 0.25) is 15.1 Å². The van der Waals surface area contributed by atoms with Crippen LogP contribution in [0.3, 0.4) is 0 Å². The Bertz CT molecular complexity index is 929. The molecule has 0 spiro atoms. The van der Waals surface area contributed by atoms with Gasteiger partial charge in [0.05, 0.1) is 5.75 Å². The van der Waals surface area contributed by atoms with Gasteiger partial charge in [-0.15, -0.1) is 11.8 Å². The first kappa shape index (κ1) is 26.2. The summed E-state index contributed by atoms with van der Waals surface area (Å²) in [5.41, 5.74) is 1.73. The first-order valence-electron chi connectivity index (χ1n) is 11.2.